The van der Waals surface area contributed by atoms with Gasteiger partial charge in [0.15, 0.2) is 0 Å². The van der Waals surface area contributed by atoms with E-state index in [1.165, 1.54) is 30.4 Å². The van der Waals surface area contributed by atoms with Gasteiger partial charge in [0.05, 0.1) is 11.6 Å². The van der Waals surface area contributed by atoms with Gasteiger partial charge in [-0.05, 0) is 49.2 Å². The molecule has 0 spiro atoms. The lowest BCUT2D eigenvalue weighted by Crippen LogP contribution is -2.43. The van der Waals surface area contributed by atoms with Crippen LogP contribution in [-0.4, -0.2) is 18.4 Å². The second-order valence-electron chi connectivity index (χ2n) is 5.72. The number of carbonyl (C=O) groups is 2. The molecular formula is C19H19ClFN3O2. The van der Waals surface area contributed by atoms with Crippen LogP contribution in [0.15, 0.2) is 42.5 Å². The molecule has 0 fully saturated rings. The molecule has 2 amide bonds. The molecule has 0 atom stereocenters. The lowest BCUT2D eigenvalue weighted by Gasteiger charge is -2.10. The molecule has 136 valence electrons. The Hall–Kier alpha value is -2.86. The van der Waals surface area contributed by atoms with Crippen molar-refractivity contribution in [3.05, 3.63) is 70.0 Å². The number of carbonyl (C=O) groups excluding carboxylic acids is 2. The molecule has 0 aliphatic heterocycles. The monoisotopic (exact) mass is 375 g/mol. The van der Waals surface area contributed by atoms with Gasteiger partial charge in [-0.1, -0.05) is 35.4 Å². The van der Waals surface area contributed by atoms with Gasteiger partial charge in [0.25, 0.3) is 11.8 Å². The second kappa shape index (κ2) is 9.01. The number of anilines is 1. The van der Waals surface area contributed by atoms with Crippen molar-refractivity contribution in [1.29, 1.82) is 0 Å². The van der Waals surface area contributed by atoms with E-state index in [1.54, 1.807) is 0 Å². The molecule has 7 heteroatoms. The lowest BCUT2D eigenvalue weighted by molar-refractivity contribution is -0.125. The van der Waals surface area contributed by atoms with Crippen LogP contribution in [0.25, 0.3) is 6.08 Å². The first-order valence-electron chi connectivity index (χ1n) is 7.88. The highest BCUT2D eigenvalue weighted by atomic mass is 35.5. The highest BCUT2D eigenvalue weighted by molar-refractivity contribution is 6.30. The van der Waals surface area contributed by atoms with Crippen molar-refractivity contribution in [2.45, 2.75) is 13.8 Å². The Bertz CT molecular complexity index is 853. The molecule has 5 nitrogen and oxygen atoms in total. The van der Waals surface area contributed by atoms with Crippen LogP contribution < -0.4 is 16.2 Å². The maximum atomic E-state index is 13.1. The van der Waals surface area contributed by atoms with Crippen molar-refractivity contribution in [3.8, 4) is 0 Å². The zero-order valence-electron chi connectivity index (χ0n) is 14.4. The summed E-state index contributed by atoms with van der Waals surface area (Å²) in [5.41, 5.74) is 8.15. The first-order valence-corrected chi connectivity index (χ1v) is 8.26. The molecule has 0 bridgehead atoms. The molecule has 2 aromatic carbocycles. The van der Waals surface area contributed by atoms with Gasteiger partial charge in [-0.15, -0.1) is 0 Å². The normalized spacial score (nSPS) is 10.6. The van der Waals surface area contributed by atoms with Crippen LogP contribution in [0.3, 0.4) is 0 Å². The summed E-state index contributed by atoms with van der Waals surface area (Å²) in [5.74, 6) is -1.45. The summed E-state index contributed by atoms with van der Waals surface area (Å²) in [5, 5.41) is 2.97. The first-order chi connectivity index (χ1) is 12.3. The number of hydrogen-bond donors (Lipinski definition) is 3. The second-order valence-corrected chi connectivity index (χ2v) is 6.12. The number of rotatable bonds is 5. The summed E-state index contributed by atoms with van der Waals surface area (Å²) in [6, 6.07) is 9.94. The van der Waals surface area contributed by atoms with Gasteiger partial charge in [0.2, 0.25) is 0 Å². The van der Waals surface area contributed by atoms with Crippen molar-refractivity contribution in [1.82, 2.24) is 10.9 Å². The number of hydrogen-bond acceptors (Lipinski definition) is 3. The molecule has 0 aliphatic rings. The Morgan fingerprint density at radius 1 is 1.12 bits per heavy atom. The molecule has 0 heterocycles. The lowest BCUT2D eigenvalue weighted by atomic mass is 10.1. The first kappa shape index (κ1) is 19.5. The molecule has 0 saturated heterocycles. The Morgan fingerprint density at radius 3 is 2.58 bits per heavy atom. The largest absolute Gasteiger partial charge is 0.376 e. The maximum Gasteiger partial charge on any atom is 0.262 e. The fourth-order valence-electron chi connectivity index (χ4n) is 2.19. The third-order valence-corrected chi connectivity index (χ3v) is 3.81. The molecule has 26 heavy (non-hydrogen) atoms. The van der Waals surface area contributed by atoms with Crippen molar-refractivity contribution < 1.29 is 14.0 Å². The number of amides is 2. The average molecular weight is 376 g/mol. The Balaban J connectivity index is 1.78. The van der Waals surface area contributed by atoms with Crippen LogP contribution in [-0.2, 0) is 9.59 Å². The standard InChI is InChI=1S/C19H19ClFN3O2/c1-12-3-7-17(13(2)9-12)22-11-19(26)24-23-18(25)8-5-14-4-6-16(21)15(20)10-14/h3-10,22H,11H2,1-2H3,(H,23,25)(H,24,26)/b8-5+. The number of hydrazine groups is 1. The number of nitrogens with one attached hydrogen (secondary N) is 3. The molecule has 0 saturated carbocycles. The minimum atomic E-state index is -0.531. The summed E-state index contributed by atoms with van der Waals surface area (Å²) in [7, 11) is 0. The molecule has 2 rings (SSSR count). The summed E-state index contributed by atoms with van der Waals surface area (Å²) in [4.78, 5) is 23.5. The highest BCUT2D eigenvalue weighted by Crippen LogP contribution is 2.17. The van der Waals surface area contributed by atoms with E-state index < -0.39 is 17.6 Å². The van der Waals surface area contributed by atoms with Crippen molar-refractivity contribution in [3.63, 3.8) is 0 Å². The smallest absolute Gasteiger partial charge is 0.262 e. The summed E-state index contributed by atoms with van der Waals surface area (Å²) in [6.07, 6.45) is 2.67. The van der Waals surface area contributed by atoms with E-state index in [9.17, 15) is 14.0 Å². The number of aryl methyl sites for hydroxylation is 2. The van der Waals surface area contributed by atoms with Gasteiger partial charge in [-0.2, -0.15) is 0 Å². The van der Waals surface area contributed by atoms with E-state index in [0.29, 0.717) is 5.56 Å². The highest BCUT2D eigenvalue weighted by Gasteiger charge is 2.04. The van der Waals surface area contributed by atoms with E-state index in [2.05, 4.69) is 16.2 Å². The van der Waals surface area contributed by atoms with Crippen LogP contribution in [0, 0.1) is 19.7 Å². The number of halogens is 2. The average Bonchev–Trinajstić information content (AvgIpc) is 2.60. The van der Waals surface area contributed by atoms with Crippen LogP contribution in [0.5, 0.6) is 0 Å². The van der Waals surface area contributed by atoms with Crippen molar-refractivity contribution >= 4 is 35.2 Å². The third-order valence-electron chi connectivity index (χ3n) is 3.52. The van der Waals surface area contributed by atoms with Crippen LogP contribution in [0.1, 0.15) is 16.7 Å². The van der Waals surface area contributed by atoms with Gasteiger partial charge in [-0.25, -0.2) is 4.39 Å². The minimum Gasteiger partial charge on any atom is -0.376 e. The molecular weight excluding hydrogens is 357 g/mol. The number of benzene rings is 2. The van der Waals surface area contributed by atoms with Crippen molar-refractivity contribution in [2.75, 3.05) is 11.9 Å². The molecule has 0 radical (unpaired) electrons. The molecule has 2 aromatic rings. The fraction of sp³-hybridized carbons (Fsp3) is 0.158. The van der Waals surface area contributed by atoms with Gasteiger partial charge in [-0.3, -0.25) is 20.4 Å². The summed E-state index contributed by atoms with van der Waals surface area (Å²) >= 11 is 5.66. The van der Waals surface area contributed by atoms with E-state index >= 15 is 0 Å². The maximum absolute atomic E-state index is 13.1. The SMILES string of the molecule is Cc1ccc(NCC(=O)NNC(=O)/C=C/c2ccc(F)c(Cl)c2)c(C)c1. The Labute approximate surface area is 156 Å². The van der Waals surface area contributed by atoms with Crippen molar-refractivity contribution in [2.24, 2.45) is 0 Å². The molecule has 0 aromatic heterocycles. The fourth-order valence-corrected chi connectivity index (χ4v) is 2.38. The van der Waals surface area contributed by atoms with Gasteiger partial charge in [0, 0.05) is 11.8 Å². The van der Waals surface area contributed by atoms with Crippen LogP contribution in [0.2, 0.25) is 5.02 Å². The zero-order chi connectivity index (χ0) is 19.1. The van der Waals surface area contributed by atoms with Crippen LogP contribution in [0.4, 0.5) is 10.1 Å². The van der Waals surface area contributed by atoms with Gasteiger partial charge >= 0.3 is 0 Å². The predicted octanol–water partition coefficient (Wildman–Crippen LogP) is 3.37. The predicted molar refractivity (Wildman–Crippen MR) is 101 cm³/mol. The Kier molecular flexibility index (Phi) is 6.74. The minimum absolute atomic E-state index is 0.0153. The van der Waals surface area contributed by atoms with E-state index in [1.807, 2.05) is 32.0 Å². The van der Waals surface area contributed by atoms with E-state index in [4.69, 9.17) is 11.6 Å². The van der Waals surface area contributed by atoms with E-state index in [0.717, 1.165) is 16.8 Å². The van der Waals surface area contributed by atoms with Crippen LogP contribution >= 0.6 is 11.6 Å². The summed E-state index contributed by atoms with van der Waals surface area (Å²) < 4.78 is 13.1. The van der Waals surface area contributed by atoms with Gasteiger partial charge < -0.3 is 5.32 Å². The molecule has 3 N–H and O–H groups in total. The topological polar surface area (TPSA) is 70.2 Å². The molecule has 0 aliphatic carbocycles. The zero-order valence-corrected chi connectivity index (χ0v) is 15.2. The molecule has 0 unspecified atom stereocenters. The Morgan fingerprint density at radius 2 is 1.88 bits per heavy atom. The quantitative estimate of drug-likeness (QED) is 0.554. The van der Waals surface area contributed by atoms with Gasteiger partial charge in [0.1, 0.15) is 5.82 Å². The third kappa shape index (κ3) is 5.89. The summed E-state index contributed by atoms with van der Waals surface area (Å²) in [6.45, 7) is 3.95. The van der Waals surface area contributed by atoms with E-state index in [-0.39, 0.29) is 11.6 Å².